The smallest absolute Gasteiger partial charge is 0.287 e. The molecule has 5 heteroatoms. The van der Waals surface area contributed by atoms with Gasteiger partial charge in [-0.05, 0) is 47.3 Å². The molecule has 1 N–H and O–H groups in total. The minimum absolute atomic E-state index is 0.149. The summed E-state index contributed by atoms with van der Waals surface area (Å²) in [6, 6.07) is 3.34. The lowest BCUT2D eigenvalue weighted by atomic mass is 10.1. The number of hydrogen-bond donors (Lipinski definition) is 1. The number of furan rings is 1. The Bertz CT molecular complexity index is 358. The fraction of sp³-hybridized carbons (Fsp3) is 0.545. The van der Waals surface area contributed by atoms with E-state index < -0.39 is 0 Å². The van der Waals surface area contributed by atoms with E-state index in [0.29, 0.717) is 17.0 Å². The summed E-state index contributed by atoms with van der Waals surface area (Å²) in [6.45, 7) is 1.35. The predicted molar refractivity (Wildman–Crippen MR) is 62.3 cm³/mol. The molecule has 2 rings (SSSR count). The second kappa shape index (κ2) is 5.50. The average molecular weight is 288 g/mol. The molecule has 1 aromatic rings. The van der Waals surface area contributed by atoms with Crippen molar-refractivity contribution in [2.24, 2.45) is 0 Å². The first kappa shape index (κ1) is 11.7. The summed E-state index contributed by atoms with van der Waals surface area (Å²) in [5, 5.41) is 2.80. The van der Waals surface area contributed by atoms with Crippen LogP contribution in [0, 0.1) is 0 Å². The zero-order valence-electron chi connectivity index (χ0n) is 8.87. The molecule has 1 aliphatic heterocycles. The first-order chi connectivity index (χ1) is 7.75. The molecule has 0 radical (unpaired) electrons. The van der Waals surface area contributed by atoms with Crippen molar-refractivity contribution in [3.63, 3.8) is 0 Å². The van der Waals surface area contributed by atoms with Gasteiger partial charge >= 0.3 is 0 Å². The van der Waals surface area contributed by atoms with Crippen LogP contribution >= 0.6 is 15.9 Å². The molecule has 1 saturated heterocycles. The fourth-order valence-corrected chi connectivity index (χ4v) is 2.00. The zero-order chi connectivity index (χ0) is 11.4. The molecule has 4 nitrogen and oxygen atoms in total. The van der Waals surface area contributed by atoms with E-state index in [4.69, 9.17) is 9.15 Å². The van der Waals surface area contributed by atoms with Gasteiger partial charge in [-0.1, -0.05) is 0 Å². The van der Waals surface area contributed by atoms with Crippen LogP contribution in [0.3, 0.4) is 0 Å². The third-order valence-corrected chi connectivity index (χ3v) is 2.99. The Labute approximate surface area is 102 Å². The lowest BCUT2D eigenvalue weighted by Gasteiger charge is -2.22. The zero-order valence-corrected chi connectivity index (χ0v) is 10.5. The molecule has 0 aliphatic carbocycles. The van der Waals surface area contributed by atoms with Crippen LogP contribution in [0.5, 0.6) is 0 Å². The van der Waals surface area contributed by atoms with Crippen LogP contribution in [-0.2, 0) is 4.74 Å². The van der Waals surface area contributed by atoms with Crippen LogP contribution in [-0.4, -0.2) is 25.2 Å². The van der Waals surface area contributed by atoms with E-state index in [1.807, 2.05) is 0 Å². The number of rotatable bonds is 3. The minimum atomic E-state index is -0.195. The summed E-state index contributed by atoms with van der Waals surface area (Å²) in [6.07, 6.45) is 3.46. The van der Waals surface area contributed by atoms with E-state index in [1.165, 1.54) is 6.42 Å². The maximum absolute atomic E-state index is 11.6. The number of carbonyl (C=O) groups excluding carboxylic acids is 1. The monoisotopic (exact) mass is 287 g/mol. The molecule has 1 atom stereocenters. The van der Waals surface area contributed by atoms with Crippen molar-refractivity contribution >= 4 is 21.8 Å². The molecule has 0 spiro atoms. The van der Waals surface area contributed by atoms with Gasteiger partial charge in [-0.25, -0.2) is 0 Å². The van der Waals surface area contributed by atoms with Crippen LogP contribution < -0.4 is 5.32 Å². The largest absolute Gasteiger partial charge is 0.444 e. The lowest BCUT2D eigenvalue weighted by molar-refractivity contribution is 0.0167. The predicted octanol–water partition coefficient (Wildman–Crippen LogP) is 2.34. The highest BCUT2D eigenvalue weighted by atomic mass is 79.9. The van der Waals surface area contributed by atoms with Gasteiger partial charge in [0.2, 0.25) is 0 Å². The molecular weight excluding hydrogens is 274 g/mol. The molecule has 88 valence electrons. The Morgan fingerprint density at radius 1 is 1.50 bits per heavy atom. The van der Waals surface area contributed by atoms with E-state index in [9.17, 15) is 4.79 Å². The minimum Gasteiger partial charge on any atom is -0.444 e. The van der Waals surface area contributed by atoms with E-state index >= 15 is 0 Å². The second-order valence-corrected chi connectivity index (χ2v) is 4.58. The van der Waals surface area contributed by atoms with E-state index in [-0.39, 0.29) is 12.0 Å². The summed E-state index contributed by atoms with van der Waals surface area (Å²) < 4.78 is 11.2. The molecule has 0 aromatic carbocycles. The van der Waals surface area contributed by atoms with Gasteiger partial charge in [-0.3, -0.25) is 4.79 Å². The summed E-state index contributed by atoms with van der Waals surface area (Å²) >= 11 is 3.16. The van der Waals surface area contributed by atoms with Crippen LogP contribution in [0.1, 0.15) is 29.8 Å². The standard InChI is InChI=1S/C11H14BrNO3/c12-10-5-4-9(16-10)11(14)13-7-8-3-1-2-6-15-8/h4-5,8H,1-3,6-7H2,(H,13,14). The number of halogens is 1. The molecular formula is C11H14BrNO3. The van der Waals surface area contributed by atoms with Gasteiger partial charge in [0.1, 0.15) is 0 Å². The number of nitrogens with one attached hydrogen (secondary N) is 1. The summed E-state index contributed by atoms with van der Waals surface area (Å²) in [5.74, 6) is 0.127. The van der Waals surface area contributed by atoms with Crippen LogP contribution in [0.4, 0.5) is 0 Å². The molecule has 2 heterocycles. The highest BCUT2D eigenvalue weighted by Crippen LogP contribution is 2.14. The molecule has 0 saturated carbocycles. The third kappa shape index (κ3) is 3.09. The Balaban J connectivity index is 1.79. The van der Waals surface area contributed by atoms with Crippen molar-refractivity contribution in [1.29, 1.82) is 0 Å². The van der Waals surface area contributed by atoms with E-state index in [0.717, 1.165) is 19.4 Å². The average Bonchev–Trinajstić information content (AvgIpc) is 2.74. The van der Waals surface area contributed by atoms with Crippen molar-refractivity contribution in [3.05, 3.63) is 22.6 Å². The van der Waals surface area contributed by atoms with Crippen molar-refractivity contribution < 1.29 is 13.9 Å². The number of carbonyl (C=O) groups is 1. The highest BCUT2D eigenvalue weighted by Gasteiger charge is 2.16. The first-order valence-electron chi connectivity index (χ1n) is 5.41. The highest BCUT2D eigenvalue weighted by molar-refractivity contribution is 9.10. The Morgan fingerprint density at radius 3 is 3.00 bits per heavy atom. The third-order valence-electron chi connectivity index (χ3n) is 2.56. The van der Waals surface area contributed by atoms with Gasteiger partial charge < -0.3 is 14.5 Å². The van der Waals surface area contributed by atoms with Crippen LogP contribution in [0.15, 0.2) is 21.2 Å². The summed E-state index contributed by atoms with van der Waals surface area (Å²) in [5.41, 5.74) is 0. The molecule has 0 bridgehead atoms. The fourth-order valence-electron chi connectivity index (χ4n) is 1.70. The van der Waals surface area contributed by atoms with Gasteiger partial charge in [0.05, 0.1) is 6.10 Å². The van der Waals surface area contributed by atoms with Crippen LogP contribution in [0.25, 0.3) is 0 Å². The van der Waals surface area contributed by atoms with Gasteiger partial charge in [0, 0.05) is 13.2 Å². The summed E-state index contributed by atoms with van der Waals surface area (Å²) in [7, 11) is 0. The normalized spacial score (nSPS) is 20.7. The Kier molecular flexibility index (Phi) is 4.01. The number of ether oxygens (including phenoxy) is 1. The quantitative estimate of drug-likeness (QED) is 0.928. The lowest BCUT2D eigenvalue weighted by Crippen LogP contribution is -2.35. The van der Waals surface area contributed by atoms with Gasteiger partial charge in [0.15, 0.2) is 10.4 Å². The van der Waals surface area contributed by atoms with E-state index in [1.54, 1.807) is 12.1 Å². The van der Waals surface area contributed by atoms with Gasteiger partial charge in [-0.2, -0.15) is 0 Å². The SMILES string of the molecule is O=C(NCC1CCCCO1)c1ccc(Br)o1. The first-order valence-corrected chi connectivity index (χ1v) is 6.20. The molecule has 16 heavy (non-hydrogen) atoms. The van der Waals surface area contributed by atoms with Crippen molar-refractivity contribution in [1.82, 2.24) is 5.32 Å². The van der Waals surface area contributed by atoms with Crippen molar-refractivity contribution in [2.75, 3.05) is 13.2 Å². The molecule has 1 aromatic heterocycles. The number of hydrogen-bond acceptors (Lipinski definition) is 3. The van der Waals surface area contributed by atoms with Gasteiger partial charge in [-0.15, -0.1) is 0 Å². The van der Waals surface area contributed by atoms with Crippen LogP contribution in [0.2, 0.25) is 0 Å². The number of amides is 1. The molecule has 1 aliphatic rings. The maximum atomic E-state index is 11.6. The molecule has 1 unspecified atom stereocenters. The Hall–Kier alpha value is -0.810. The molecule has 1 fully saturated rings. The summed E-state index contributed by atoms with van der Waals surface area (Å²) in [4.78, 5) is 11.6. The van der Waals surface area contributed by atoms with E-state index in [2.05, 4.69) is 21.2 Å². The molecule has 1 amide bonds. The van der Waals surface area contributed by atoms with Gasteiger partial charge in [0.25, 0.3) is 5.91 Å². The van der Waals surface area contributed by atoms with Crippen molar-refractivity contribution in [2.45, 2.75) is 25.4 Å². The topological polar surface area (TPSA) is 51.5 Å². The second-order valence-electron chi connectivity index (χ2n) is 3.80. The van der Waals surface area contributed by atoms with Crippen molar-refractivity contribution in [3.8, 4) is 0 Å². The maximum Gasteiger partial charge on any atom is 0.287 e. The Morgan fingerprint density at radius 2 is 2.38 bits per heavy atom.